The number of halogens is 2. The van der Waals surface area contributed by atoms with Crippen molar-refractivity contribution in [2.24, 2.45) is 0 Å². The van der Waals surface area contributed by atoms with Gasteiger partial charge in [0.2, 0.25) is 0 Å². The van der Waals surface area contributed by atoms with Gasteiger partial charge in [-0.25, -0.2) is 13.8 Å². The van der Waals surface area contributed by atoms with Gasteiger partial charge in [-0.15, -0.1) is 0 Å². The van der Waals surface area contributed by atoms with E-state index in [-0.39, 0.29) is 12.2 Å². The van der Waals surface area contributed by atoms with Gasteiger partial charge in [0, 0.05) is 12.4 Å². The Morgan fingerprint density at radius 2 is 2.00 bits per heavy atom. The largest absolute Gasteiger partial charge is 0.373 e. The van der Waals surface area contributed by atoms with E-state index in [0.717, 1.165) is 0 Å². The molecule has 2 N–H and O–H groups in total. The Balaban J connectivity index is 2.11. The van der Waals surface area contributed by atoms with E-state index in [9.17, 15) is 8.78 Å². The lowest BCUT2D eigenvalue weighted by atomic mass is 10.3. The molecule has 78 valence electrons. The van der Waals surface area contributed by atoms with Crippen LogP contribution in [0.2, 0.25) is 0 Å². The Morgan fingerprint density at radius 1 is 1.27 bits per heavy atom. The summed E-state index contributed by atoms with van der Waals surface area (Å²) in [5.74, 6) is -0.597. The maximum absolute atomic E-state index is 13.1. The van der Waals surface area contributed by atoms with Gasteiger partial charge < -0.3 is 10.3 Å². The summed E-state index contributed by atoms with van der Waals surface area (Å²) in [7, 11) is 0. The topological polar surface area (TPSA) is 40.7 Å². The zero-order valence-electron chi connectivity index (χ0n) is 7.80. The van der Waals surface area contributed by atoms with Crippen molar-refractivity contribution >= 4 is 5.69 Å². The maximum Gasteiger partial charge on any atom is 0.149 e. The maximum atomic E-state index is 13.1. The summed E-state index contributed by atoms with van der Waals surface area (Å²) in [4.78, 5) is 6.76. The Hall–Kier alpha value is -1.91. The Labute approximate surface area is 85.2 Å². The number of aromatic nitrogens is 2. The fraction of sp³-hybridized carbons (Fsp3) is 0.100. The summed E-state index contributed by atoms with van der Waals surface area (Å²) in [5.41, 5.74) is -0.131. The zero-order valence-corrected chi connectivity index (χ0v) is 7.80. The van der Waals surface area contributed by atoms with Crippen molar-refractivity contribution in [2.75, 3.05) is 5.32 Å². The molecule has 1 heterocycles. The van der Waals surface area contributed by atoms with Gasteiger partial charge in [0.15, 0.2) is 0 Å². The number of hydrogen-bond donors (Lipinski definition) is 2. The molecule has 0 amide bonds. The summed E-state index contributed by atoms with van der Waals surface area (Å²) in [6, 6.07) is 3.73. The number of anilines is 1. The molecule has 0 bridgehead atoms. The van der Waals surface area contributed by atoms with E-state index >= 15 is 0 Å². The van der Waals surface area contributed by atoms with Crippen molar-refractivity contribution in [1.29, 1.82) is 0 Å². The number of nitrogens with zero attached hydrogens (tertiary/aromatic N) is 1. The molecular formula is C10H9F2N3. The zero-order chi connectivity index (χ0) is 10.7. The highest BCUT2D eigenvalue weighted by Crippen LogP contribution is 2.18. The Kier molecular flexibility index (Phi) is 2.62. The number of hydrogen-bond acceptors (Lipinski definition) is 2. The van der Waals surface area contributed by atoms with Crippen molar-refractivity contribution in [3.05, 3.63) is 48.1 Å². The summed E-state index contributed by atoms with van der Waals surface area (Å²) in [6.45, 7) is 0.255. The summed E-state index contributed by atoms with van der Waals surface area (Å²) in [5, 5.41) is 2.64. The number of benzene rings is 1. The van der Waals surface area contributed by atoms with Crippen LogP contribution in [0, 0.1) is 11.6 Å². The molecule has 2 aromatic rings. The van der Waals surface area contributed by atoms with Crippen molar-refractivity contribution in [1.82, 2.24) is 9.97 Å². The molecule has 3 nitrogen and oxygen atoms in total. The SMILES string of the molecule is Fc1cccc(F)c1NCc1ncc[nH]1. The number of nitrogens with one attached hydrogen (secondary N) is 2. The summed E-state index contributed by atoms with van der Waals surface area (Å²) >= 11 is 0. The van der Waals surface area contributed by atoms with E-state index in [2.05, 4.69) is 15.3 Å². The fourth-order valence-electron chi connectivity index (χ4n) is 1.23. The first kappa shape index (κ1) is 9.64. The third-order valence-electron chi connectivity index (χ3n) is 1.95. The Morgan fingerprint density at radius 3 is 2.60 bits per heavy atom. The predicted molar refractivity (Wildman–Crippen MR) is 52.3 cm³/mol. The van der Waals surface area contributed by atoms with Crippen LogP contribution in [0.5, 0.6) is 0 Å². The van der Waals surface area contributed by atoms with E-state index in [4.69, 9.17) is 0 Å². The van der Waals surface area contributed by atoms with E-state index in [1.165, 1.54) is 18.2 Å². The molecule has 0 aliphatic rings. The molecule has 5 heteroatoms. The van der Waals surface area contributed by atoms with Gasteiger partial charge in [-0.1, -0.05) is 6.07 Å². The molecule has 0 unspecified atom stereocenters. The number of aromatic amines is 1. The second-order valence-electron chi connectivity index (χ2n) is 2.99. The van der Waals surface area contributed by atoms with Crippen LogP contribution >= 0.6 is 0 Å². The minimum atomic E-state index is -0.610. The van der Waals surface area contributed by atoms with Crippen LogP contribution in [0.25, 0.3) is 0 Å². The molecule has 1 aromatic carbocycles. The number of para-hydroxylation sites is 1. The van der Waals surface area contributed by atoms with Crippen LogP contribution in [-0.4, -0.2) is 9.97 Å². The van der Waals surface area contributed by atoms with Gasteiger partial charge >= 0.3 is 0 Å². The van der Waals surface area contributed by atoms with Crippen LogP contribution in [-0.2, 0) is 6.54 Å². The second-order valence-corrected chi connectivity index (χ2v) is 2.99. The van der Waals surface area contributed by atoms with Gasteiger partial charge in [0.25, 0.3) is 0 Å². The van der Waals surface area contributed by atoms with E-state index in [1.54, 1.807) is 12.4 Å². The van der Waals surface area contributed by atoms with Gasteiger partial charge in [-0.05, 0) is 12.1 Å². The quantitative estimate of drug-likeness (QED) is 0.814. The molecule has 0 radical (unpaired) electrons. The molecule has 0 atom stereocenters. The molecule has 0 fully saturated rings. The van der Waals surface area contributed by atoms with Gasteiger partial charge in [-0.2, -0.15) is 0 Å². The monoisotopic (exact) mass is 209 g/mol. The second kappa shape index (κ2) is 4.08. The van der Waals surface area contributed by atoms with Crippen LogP contribution in [0.4, 0.5) is 14.5 Å². The number of rotatable bonds is 3. The highest BCUT2D eigenvalue weighted by molar-refractivity contribution is 5.45. The molecule has 0 saturated heterocycles. The van der Waals surface area contributed by atoms with E-state index < -0.39 is 11.6 Å². The predicted octanol–water partition coefficient (Wildman–Crippen LogP) is 2.30. The smallest absolute Gasteiger partial charge is 0.149 e. The molecular weight excluding hydrogens is 200 g/mol. The van der Waals surface area contributed by atoms with Crippen molar-refractivity contribution in [2.45, 2.75) is 6.54 Å². The first-order valence-electron chi connectivity index (χ1n) is 4.43. The highest BCUT2D eigenvalue weighted by atomic mass is 19.1. The lowest BCUT2D eigenvalue weighted by molar-refractivity contribution is 0.587. The molecule has 0 saturated carbocycles. The van der Waals surface area contributed by atoms with Crippen LogP contribution < -0.4 is 5.32 Å². The third-order valence-corrected chi connectivity index (χ3v) is 1.95. The Bertz CT molecular complexity index is 420. The molecule has 1 aromatic heterocycles. The number of H-pyrrole nitrogens is 1. The lowest BCUT2D eigenvalue weighted by Crippen LogP contribution is -2.04. The van der Waals surface area contributed by atoms with Gasteiger partial charge in [0.05, 0.1) is 6.54 Å². The third kappa shape index (κ3) is 2.12. The molecule has 2 rings (SSSR count). The minimum absolute atomic E-state index is 0.131. The summed E-state index contributed by atoms with van der Waals surface area (Å²) < 4.78 is 26.3. The summed E-state index contributed by atoms with van der Waals surface area (Å²) in [6.07, 6.45) is 3.23. The molecule has 0 spiro atoms. The molecule has 0 aliphatic heterocycles. The standard InChI is InChI=1S/C10H9F2N3/c11-7-2-1-3-8(12)10(7)15-6-9-13-4-5-14-9/h1-5,15H,6H2,(H,13,14). The number of imidazole rings is 1. The average molecular weight is 209 g/mol. The van der Waals surface area contributed by atoms with Crippen molar-refractivity contribution in [3.63, 3.8) is 0 Å². The van der Waals surface area contributed by atoms with Gasteiger partial charge in [0.1, 0.15) is 23.1 Å². The molecule has 0 aliphatic carbocycles. The van der Waals surface area contributed by atoms with Crippen LogP contribution in [0.3, 0.4) is 0 Å². The van der Waals surface area contributed by atoms with Crippen LogP contribution in [0.1, 0.15) is 5.82 Å². The van der Waals surface area contributed by atoms with E-state index in [0.29, 0.717) is 5.82 Å². The van der Waals surface area contributed by atoms with Gasteiger partial charge in [-0.3, -0.25) is 0 Å². The van der Waals surface area contributed by atoms with Crippen molar-refractivity contribution in [3.8, 4) is 0 Å². The first-order valence-corrected chi connectivity index (χ1v) is 4.43. The first-order chi connectivity index (χ1) is 7.27. The van der Waals surface area contributed by atoms with Crippen LogP contribution in [0.15, 0.2) is 30.6 Å². The average Bonchev–Trinajstić information content (AvgIpc) is 2.70. The minimum Gasteiger partial charge on any atom is -0.373 e. The van der Waals surface area contributed by atoms with E-state index in [1.807, 2.05) is 0 Å². The highest BCUT2D eigenvalue weighted by Gasteiger charge is 2.07. The normalized spacial score (nSPS) is 10.3. The lowest BCUT2D eigenvalue weighted by Gasteiger charge is -2.06. The van der Waals surface area contributed by atoms with Crippen molar-refractivity contribution < 1.29 is 8.78 Å². The molecule has 15 heavy (non-hydrogen) atoms. The fourth-order valence-corrected chi connectivity index (χ4v) is 1.23.